The molecule has 34 heavy (non-hydrogen) atoms. The van der Waals surface area contributed by atoms with E-state index >= 15 is 0 Å². The van der Waals surface area contributed by atoms with E-state index in [0.29, 0.717) is 20.6 Å². The van der Waals surface area contributed by atoms with Gasteiger partial charge in [0, 0.05) is 10.7 Å². The molecule has 176 valence electrons. The van der Waals surface area contributed by atoms with Crippen molar-refractivity contribution in [2.45, 2.75) is 16.7 Å². The summed E-state index contributed by atoms with van der Waals surface area (Å²) in [5.74, 6) is -1.54. The molecule has 3 aromatic rings. The van der Waals surface area contributed by atoms with Crippen LogP contribution in [0.25, 0.3) is 0 Å². The number of carbonyl (C=O) groups excluding carboxylic acids is 2. The second-order valence-electron chi connectivity index (χ2n) is 7.45. The molecule has 1 heterocycles. The SMILES string of the molecule is Cc1ccc(Cl)cc1NS(=O)(=O)c1ccc(NC(=O)CN2C(=O)c3ccccc3S2(=O)=O)cc1. The highest BCUT2D eigenvalue weighted by molar-refractivity contribution is 7.92. The predicted molar refractivity (Wildman–Crippen MR) is 127 cm³/mol. The molecule has 0 bridgehead atoms. The first-order chi connectivity index (χ1) is 16.0. The highest BCUT2D eigenvalue weighted by Gasteiger charge is 2.41. The standard InChI is InChI=1S/C22H18ClN3O6S2/c1-14-6-7-15(23)12-19(14)25-33(29,30)17-10-8-16(9-11-17)24-21(27)13-26-22(28)18-4-2-3-5-20(18)34(26,31)32/h2-12,25H,13H2,1H3,(H,24,27). The summed E-state index contributed by atoms with van der Waals surface area (Å²) in [6.07, 6.45) is 0. The molecule has 0 saturated carbocycles. The lowest BCUT2D eigenvalue weighted by Gasteiger charge is -2.15. The van der Waals surface area contributed by atoms with E-state index in [-0.39, 0.29) is 21.0 Å². The van der Waals surface area contributed by atoms with Crippen LogP contribution in [0.1, 0.15) is 15.9 Å². The average Bonchev–Trinajstić information content (AvgIpc) is 2.97. The average molecular weight is 520 g/mol. The predicted octanol–water partition coefficient (Wildman–Crippen LogP) is 3.23. The Balaban J connectivity index is 1.45. The van der Waals surface area contributed by atoms with Crippen LogP contribution in [0, 0.1) is 6.92 Å². The molecule has 0 aliphatic carbocycles. The zero-order valence-corrected chi connectivity index (χ0v) is 20.0. The number of benzene rings is 3. The van der Waals surface area contributed by atoms with Crippen LogP contribution in [0.2, 0.25) is 5.02 Å². The summed E-state index contributed by atoms with van der Waals surface area (Å²) in [7, 11) is -8.04. The number of anilines is 2. The van der Waals surface area contributed by atoms with Gasteiger partial charge < -0.3 is 5.32 Å². The van der Waals surface area contributed by atoms with Crippen LogP contribution in [0.3, 0.4) is 0 Å². The van der Waals surface area contributed by atoms with Crippen molar-refractivity contribution in [1.82, 2.24) is 4.31 Å². The molecule has 1 aliphatic rings. The maximum absolute atomic E-state index is 12.7. The Morgan fingerprint density at radius 1 is 1.03 bits per heavy atom. The van der Waals surface area contributed by atoms with Gasteiger partial charge in [0.25, 0.3) is 26.0 Å². The van der Waals surface area contributed by atoms with E-state index in [2.05, 4.69) is 10.0 Å². The molecule has 12 heteroatoms. The maximum atomic E-state index is 12.7. The summed E-state index contributed by atoms with van der Waals surface area (Å²) in [6, 6.07) is 15.8. The maximum Gasteiger partial charge on any atom is 0.269 e. The number of rotatable bonds is 6. The number of halogens is 1. The summed E-state index contributed by atoms with van der Waals surface area (Å²) in [5.41, 5.74) is 1.25. The first-order valence-electron chi connectivity index (χ1n) is 9.84. The lowest BCUT2D eigenvalue weighted by molar-refractivity contribution is -0.116. The van der Waals surface area contributed by atoms with Crippen molar-refractivity contribution < 1.29 is 26.4 Å². The van der Waals surface area contributed by atoms with Gasteiger partial charge in [-0.3, -0.25) is 14.3 Å². The van der Waals surface area contributed by atoms with Crippen LogP contribution >= 0.6 is 11.6 Å². The molecule has 0 unspecified atom stereocenters. The van der Waals surface area contributed by atoms with Crippen LogP contribution in [0.4, 0.5) is 11.4 Å². The molecule has 0 saturated heterocycles. The largest absolute Gasteiger partial charge is 0.325 e. The van der Waals surface area contributed by atoms with Gasteiger partial charge in [-0.15, -0.1) is 0 Å². The Morgan fingerprint density at radius 3 is 2.38 bits per heavy atom. The van der Waals surface area contributed by atoms with Gasteiger partial charge in [0.2, 0.25) is 5.91 Å². The minimum Gasteiger partial charge on any atom is -0.325 e. The molecule has 0 spiro atoms. The number of carbonyl (C=O) groups is 2. The Hall–Kier alpha value is -3.41. The van der Waals surface area contributed by atoms with Gasteiger partial charge in [0.15, 0.2) is 0 Å². The number of nitrogens with one attached hydrogen (secondary N) is 2. The second-order valence-corrected chi connectivity index (χ2v) is 11.4. The molecule has 2 amide bonds. The summed E-state index contributed by atoms with van der Waals surface area (Å²) >= 11 is 5.94. The number of hydrogen-bond acceptors (Lipinski definition) is 6. The number of aryl methyl sites for hydroxylation is 1. The van der Waals surface area contributed by atoms with Gasteiger partial charge in [-0.05, 0) is 61.0 Å². The topological polar surface area (TPSA) is 130 Å². The van der Waals surface area contributed by atoms with Crippen molar-refractivity contribution in [3.05, 3.63) is 82.9 Å². The summed E-state index contributed by atoms with van der Waals surface area (Å²) in [5, 5.41) is 2.85. The van der Waals surface area contributed by atoms with E-state index in [0.717, 1.165) is 0 Å². The number of amides is 2. The third kappa shape index (κ3) is 4.49. The summed E-state index contributed by atoms with van der Waals surface area (Å²) in [6.45, 7) is 1.02. The van der Waals surface area contributed by atoms with Crippen LogP contribution in [0.5, 0.6) is 0 Å². The fourth-order valence-electron chi connectivity index (χ4n) is 3.34. The normalized spacial score (nSPS) is 14.5. The molecular formula is C22H18ClN3O6S2. The quantitative estimate of drug-likeness (QED) is 0.514. The first-order valence-corrected chi connectivity index (χ1v) is 13.1. The van der Waals surface area contributed by atoms with Crippen molar-refractivity contribution in [3.8, 4) is 0 Å². The Kier molecular flexibility index (Phi) is 6.11. The smallest absolute Gasteiger partial charge is 0.269 e. The summed E-state index contributed by atoms with van der Waals surface area (Å²) in [4.78, 5) is 24.7. The van der Waals surface area contributed by atoms with E-state index in [4.69, 9.17) is 11.6 Å². The van der Waals surface area contributed by atoms with Crippen molar-refractivity contribution in [2.24, 2.45) is 0 Å². The first kappa shape index (κ1) is 23.7. The minimum absolute atomic E-state index is 0.00676. The Labute approximate surface area is 201 Å². The zero-order valence-electron chi connectivity index (χ0n) is 17.6. The molecule has 2 N–H and O–H groups in total. The van der Waals surface area contributed by atoms with Gasteiger partial charge in [-0.1, -0.05) is 29.8 Å². The minimum atomic E-state index is -4.12. The van der Waals surface area contributed by atoms with E-state index in [9.17, 15) is 26.4 Å². The lowest BCUT2D eigenvalue weighted by Crippen LogP contribution is -2.37. The summed E-state index contributed by atoms with van der Waals surface area (Å²) < 4.78 is 53.5. The zero-order chi connectivity index (χ0) is 24.7. The van der Waals surface area contributed by atoms with E-state index < -0.39 is 38.4 Å². The third-order valence-electron chi connectivity index (χ3n) is 5.09. The van der Waals surface area contributed by atoms with Crippen molar-refractivity contribution >= 4 is 54.8 Å². The molecule has 1 aliphatic heterocycles. The number of sulfonamides is 2. The van der Waals surface area contributed by atoms with Gasteiger partial charge in [-0.2, -0.15) is 0 Å². The van der Waals surface area contributed by atoms with Gasteiger partial charge in [-0.25, -0.2) is 21.1 Å². The number of hydrogen-bond donors (Lipinski definition) is 2. The molecule has 3 aromatic carbocycles. The van der Waals surface area contributed by atoms with Gasteiger partial charge in [0.05, 0.1) is 16.1 Å². The molecule has 4 rings (SSSR count). The van der Waals surface area contributed by atoms with Crippen LogP contribution in [-0.2, 0) is 24.8 Å². The number of nitrogens with zero attached hydrogens (tertiary/aromatic N) is 1. The van der Waals surface area contributed by atoms with Gasteiger partial charge in [0.1, 0.15) is 11.4 Å². The highest BCUT2D eigenvalue weighted by Crippen LogP contribution is 2.30. The molecule has 9 nitrogen and oxygen atoms in total. The van der Waals surface area contributed by atoms with E-state index in [1.165, 1.54) is 54.6 Å². The van der Waals surface area contributed by atoms with Crippen LogP contribution < -0.4 is 10.0 Å². The lowest BCUT2D eigenvalue weighted by atomic mass is 10.2. The molecule has 0 aromatic heterocycles. The molecule has 0 fully saturated rings. The van der Waals surface area contributed by atoms with Crippen molar-refractivity contribution in [3.63, 3.8) is 0 Å². The van der Waals surface area contributed by atoms with Crippen molar-refractivity contribution in [1.29, 1.82) is 0 Å². The van der Waals surface area contributed by atoms with Crippen LogP contribution in [0.15, 0.2) is 76.5 Å². The number of fused-ring (bicyclic) bond motifs is 1. The van der Waals surface area contributed by atoms with E-state index in [1.807, 2.05) is 0 Å². The Bertz CT molecular complexity index is 1520. The third-order valence-corrected chi connectivity index (χ3v) is 8.50. The van der Waals surface area contributed by atoms with E-state index in [1.54, 1.807) is 19.1 Å². The fraction of sp³-hybridized carbons (Fsp3) is 0.0909. The molecular weight excluding hydrogens is 502 g/mol. The van der Waals surface area contributed by atoms with Crippen LogP contribution in [-0.4, -0.2) is 39.5 Å². The Morgan fingerprint density at radius 2 is 1.71 bits per heavy atom. The fourth-order valence-corrected chi connectivity index (χ4v) is 6.16. The second kappa shape index (κ2) is 8.75. The monoisotopic (exact) mass is 519 g/mol. The molecule has 0 radical (unpaired) electrons. The van der Waals surface area contributed by atoms with Crippen molar-refractivity contribution in [2.75, 3.05) is 16.6 Å². The van der Waals surface area contributed by atoms with Gasteiger partial charge >= 0.3 is 0 Å². The molecule has 0 atom stereocenters. The highest BCUT2D eigenvalue weighted by atomic mass is 35.5.